The molecular weight excluding hydrogens is 268 g/mol. The maximum atomic E-state index is 4.51. The third kappa shape index (κ3) is 3.17. The molecule has 1 fully saturated rings. The average Bonchev–Trinajstić information content (AvgIpc) is 2.54. The summed E-state index contributed by atoms with van der Waals surface area (Å²) in [7, 11) is 0. The summed E-state index contributed by atoms with van der Waals surface area (Å²) in [6, 6.07) is 17.9. The Kier molecular flexibility index (Phi) is 4.49. The van der Waals surface area contributed by atoms with E-state index in [0.29, 0.717) is 6.04 Å². The second-order valence-corrected chi connectivity index (χ2v) is 6.33. The molecule has 0 saturated carbocycles. The lowest BCUT2D eigenvalue weighted by molar-refractivity contribution is 0.447. The van der Waals surface area contributed by atoms with E-state index in [0.717, 1.165) is 19.6 Å². The van der Waals surface area contributed by atoms with Crippen molar-refractivity contribution in [2.45, 2.75) is 25.8 Å². The summed E-state index contributed by atoms with van der Waals surface area (Å²) < 4.78 is 0. The van der Waals surface area contributed by atoms with Crippen LogP contribution in [0.2, 0.25) is 0 Å². The summed E-state index contributed by atoms with van der Waals surface area (Å²) in [5.41, 5.74) is 5.27. The third-order valence-corrected chi connectivity index (χ3v) is 4.51. The first-order valence-electron chi connectivity index (χ1n) is 8.09. The molecule has 0 aromatic heterocycles. The lowest BCUT2D eigenvalue weighted by atomic mass is 9.89. The molecule has 0 bridgehead atoms. The fourth-order valence-electron chi connectivity index (χ4n) is 3.47. The molecule has 2 atom stereocenters. The predicted octanol–water partition coefficient (Wildman–Crippen LogP) is 3.70. The van der Waals surface area contributed by atoms with E-state index in [1.165, 1.54) is 22.4 Å². The maximum absolute atomic E-state index is 4.51. The Morgan fingerprint density at radius 1 is 1.09 bits per heavy atom. The molecular formula is C20H25N2. The van der Waals surface area contributed by atoms with Crippen molar-refractivity contribution in [2.75, 3.05) is 24.5 Å². The minimum atomic E-state index is 0.256. The van der Waals surface area contributed by atoms with Crippen molar-refractivity contribution in [3.8, 4) is 0 Å². The van der Waals surface area contributed by atoms with Gasteiger partial charge in [0.25, 0.3) is 0 Å². The van der Waals surface area contributed by atoms with Crippen LogP contribution in [0.5, 0.6) is 0 Å². The van der Waals surface area contributed by atoms with Crippen LogP contribution in [0.3, 0.4) is 0 Å². The lowest BCUT2D eigenvalue weighted by Crippen LogP contribution is -2.53. The van der Waals surface area contributed by atoms with Gasteiger partial charge in [-0.1, -0.05) is 47.5 Å². The predicted molar refractivity (Wildman–Crippen MR) is 94.5 cm³/mol. The maximum Gasteiger partial charge on any atom is 0.0483 e. The zero-order valence-corrected chi connectivity index (χ0v) is 13.5. The Bertz CT molecular complexity index is 601. The van der Waals surface area contributed by atoms with Gasteiger partial charge in [-0.2, -0.15) is 0 Å². The molecule has 2 unspecified atom stereocenters. The summed E-state index contributed by atoms with van der Waals surface area (Å²) in [5.74, 6) is 0.256. The van der Waals surface area contributed by atoms with Crippen LogP contribution in [-0.2, 0) is 0 Å². The smallest absolute Gasteiger partial charge is 0.0483 e. The first kappa shape index (κ1) is 15.1. The van der Waals surface area contributed by atoms with Crippen molar-refractivity contribution >= 4 is 5.69 Å². The van der Waals surface area contributed by atoms with Crippen LogP contribution < -0.4 is 10.2 Å². The van der Waals surface area contributed by atoms with Gasteiger partial charge < -0.3 is 10.2 Å². The number of benzene rings is 2. The normalized spacial score (nSPS) is 20.0. The molecule has 0 aliphatic carbocycles. The van der Waals surface area contributed by atoms with Gasteiger partial charge in [-0.15, -0.1) is 0 Å². The Balaban J connectivity index is 1.90. The summed E-state index contributed by atoms with van der Waals surface area (Å²) in [4.78, 5) is 2.51. The molecule has 0 spiro atoms. The van der Waals surface area contributed by atoms with Gasteiger partial charge in [-0.25, -0.2) is 0 Å². The van der Waals surface area contributed by atoms with Crippen LogP contribution >= 0.6 is 0 Å². The van der Waals surface area contributed by atoms with Crippen LogP contribution in [0.25, 0.3) is 0 Å². The van der Waals surface area contributed by atoms with Gasteiger partial charge >= 0.3 is 0 Å². The SMILES string of the molecule is [CH2]C(c1cc(C)cc(C)c1)C1CNCCN1c1ccccc1. The van der Waals surface area contributed by atoms with E-state index in [4.69, 9.17) is 0 Å². The molecule has 1 radical (unpaired) electrons. The number of para-hydroxylation sites is 1. The first-order valence-corrected chi connectivity index (χ1v) is 8.09. The Labute approximate surface area is 134 Å². The van der Waals surface area contributed by atoms with Gasteiger partial charge in [-0.05, 0) is 38.5 Å². The largest absolute Gasteiger partial charge is 0.365 e. The molecule has 2 heteroatoms. The number of rotatable bonds is 3. The highest BCUT2D eigenvalue weighted by molar-refractivity contribution is 5.49. The number of hydrogen-bond donors (Lipinski definition) is 1. The summed E-state index contributed by atoms with van der Waals surface area (Å²) in [6.07, 6.45) is 0. The van der Waals surface area contributed by atoms with Crippen molar-refractivity contribution in [2.24, 2.45) is 0 Å². The van der Waals surface area contributed by atoms with Crippen LogP contribution in [0.4, 0.5) is 5.69 Å². The van der Waals surface area contributed by atoms with Gasteiger partial charge in [0.1, 0.15) is 0 Å². The fourth-order valence-corrected chi connectivity index (χ4v) is 3.47. The van der Waals surface area contributed by atoms with E-state index >= 15 is 0 Å². The summed E-state index contributed by atoms with van der Waals surface area (Å²) >= 11 is 0. The molecule has 2 aromatic carbocycles. The monoisotopic (exact) mass is 293 g/mol. The van der Waals surface area contributed by atoms with E-state index in [1.54, 1.807) is 0 Å². The summed E-state index contributed by atoms with van der Waals surface area (Å²) in [5, 5.41) is 3.53. The molecule has 1 aliphatic heterocycles. The van der Waals surface area contributed by atoms with Crippen LogP contribution in [0.15, 0.2) is 48.5 Å². The van der Waals surface area contributed by atoms with Crippen LogP contribution in [0, 0.1) is 20.8 Å². The van der Waals surface area contributed by atoms with Crippen molar-refractivity contribution in [3.63, 3.8) is 0 Å². The Morgan fingerprint density at radius 3 is 2.45 bits per heavy atom. The molecule has 115 valence electrons. The molecule has 1 aliphatic rings. The van der Waals surface area contributed by atoms with Crippen LogP contribution in [0.1, 0.15) is 22.6 Å². The second kappa shape index (κ2) is 6.53. The van der Waals surface area contributed by atoms with Gasteiger partial charge in [0.2, 0.25) is 0 Å². The van der Waals surface area contributed by atoms with Gasteiger partial charge in [-0.3, -0.25) is 0 Å². The Morgan fingerprint density at radius 2 is 1.77 bits per heavy atom. The highest BCUT2D eigenvalue weighted by Gasteiger charge is 2.28. The van der Waals surface area contributed by atoms with E-state index in [2.05, 4.69) is 79.5 Å². The van der Waals surface area contributed by atoms with Crippen molar-refractivity contribution in [3.05, 3.63) is 72.1 Å². The molecule has 1 saturated heterocycles. The molecule has 3 rings (SSSR count). The molecule has 1 N–H and O–H groups in total. The van der Waals surface area contributed by atoms with Crippen LogP contribution in [-0.4, -0.2) is 25.7 Å². The van der Waals surface area contributed by atoms with E-state index in [1.807, 2.05) is 0 Å². The van der Waals surface area contributed by atoms with Crippen molar-refractivity contribution in [1.29, 1.82) is 0 Å². The molecule has 2 nitrogen and oxygen atoms in total. The lowest BCUT2D eigenvalue weighted by Gasteiger charge is -2.41. The van der Waals surface area contributed by atoms with E-state index in [-0.39, 0.29) is 5.92 Å². The first-order chi connectivity index (χ1) is 10.6. The van der Waals surface area contributed by atoms with E-state index in [9.17, 15) is 0 Å². The van der Waals surface area contributed by atoms with Gasteiger partial charge in [0.15, 0.2) is 0 Å². The van der Waals surface area contributed by atoms with Gasteiger partial charge in [0, 0.05) is 37.3 Å². The molecule has 1 heterocycles. The second-order valence-electron chi connectivity index (χ2n) is 6.33. The standard InChI is InChI=1S/C20H25N2/c1-15-11-16(2)13-18(12-15)17(3)20-14-21-9-10-22(20)19-7-5-4-6-8-19/h4-8,11-13,17,20-21H,3,9-10,14H2,1-2H3. The highest BCUT2D eigenvalue weighted by Crippen LogP contribution is 2.29. The minimum Gasteiger partial charge on any atom is -0.365 e. The average molecular weight is 293 g/mol. The zero-order valence-electron chi connectivity index (χ0n) is 13.5. The zero-order chi connectivity index (χ0) is 15.5. The topological polar surface area (TPSA) is 15.3 Å². The van der Waals surface area contributed by atoms with Crippen molar-refractivity contribution in [1.82, 2.24) is 5.32 Å². The minimum absolute atomic E-state index is 0.256. The number of nitrogens with zero attached hydrogens (tertiary/aromatic N) is 1. The molecule has 2 aromatic rings. The fraction of sp³-hybridized carbons (Fsp3) is 0.350. The number of piperazine rings is 1. The highest BCUT2D eigenvalue weighted by atomic mass is 15.2. The van der Waals surface area contributed by atoms with E-state index < -0.39 is 0 Å². The number of nitrogens with one attached hydrogen (secondary N) is 1. The quantitative estimate of drug-likeness (QED) is 0.928. The van der Waals surface area contributed by atoms with Crippen molar-refractivity contribution < 1.29 is 0 Å². The third-order valence-electron chi connectivity index (χ3n) is 4.51. The number of aryl methyl sites for hydroxylation is 2. The Hall–Kier alpha value is -1.80. The molecule has 22 heavy (non-hydrogen) atoms. The number of anilines is 1. The summed E-state index contributed by atoms with van der Waals surface area (Å²) in [6.45, 7) is 11.9. The van der Waals surface area contributed by atoms with Gasteiger partial charge in [0.05, 0.1) is 0 Å². The number of hydrogen-bond acceptors (Lipinski definition) is 2. The molecule has 0 amide bonds.